The summed E-state index contributed by atoms with van der Waals surface area (Å²) >= 11 is 0. The largest absolute Gasteiger partial charge is 0.289 e. The molecule has 1 saturated carbocycles. The van der Waals surface area contributed by atoms with Gasteiger partial charge in [-0.15, -0.1) is 0 Å². The number of nitrogens with one attached hydrogen (secondary N) is 1. The van der Waals surface area contributed by atoms with Gasteiger partial charge in [0.05, 0.1) is 6.04 Å². The maximum atomic E-state index is 4.74. The lowest BCUT2D eigenvalue weighted by Gasteiger charge is -2.22. The number of H-pyrrole nitrogens is 1. The summed E-state index contributed by atoms with van der Waals surface area (Å²) in [5, 5.41) is 7.58. The van der Waals surface area contributed by atoms with Crippen molar-refractivity contribution in [3.8, 4) is 0 Å². The fourth-order valence-corrected chi connectivity index (χ4v) is 3.10. The van der Waals surface area contributed by atoms with Crippen LogP contribution in [-0.2, 0) is 6.54 Å². The molecule has 4 nitrogen and oxygen atoms in total. The highest BCUT2D eigenvalue weighted by Gasteiger charge is 2.32. The van der Waals surface area contributed by atoms with Crippen LogP contribution >= 0.6 is 0 Å². The molecule has 0 radical (unpaired) electrons. The zero-order valence-corrected chi connectivity index (χ0v) is 11.6. The SMILES string of the molecule is c1ccc(CN2CCC[C@@H]2c2nc(C3CC3)n[nH]2)cc1. The molecule has 1 aliphatic heterocycles. The predicted octanol–water partition coefficient (Wildman–Crippen LogP) is 3.02. The quantitative estimate of drug-likeness (QED) is 0.927. The summed E-state index contributed by atoms with van der Waals surface area (Å²) in [6.07, 6.45) is 4.95. The first-order chi connectivity index (χ1) is 9.90. The molecule has 4 rings (SSSR count). The van der Waals surface area contributed by atoms with Gasteiger partial charge in [0.15, 0.2) is 5.82 Å². The lowest BCUT2D eigenvalue weighted by atomic mass is 10.1. The fraction of sp³-hybridized carbons (Fsp3) is 0.500. The molecule has 20 heavy (non-hydrogen) atoms. The van der Waals surface area contributed by atoms with Crippen LogP contribution in [0.25, 0.3) is 0 Å². The van der Waals surface area contributed by atoms with Crippen molar-refractivity contribution >= 4 is 0 Å². The van der Waals surface area contributed by atoms with Gasteiger partial charge in [-0.25, -0.2) is 4.98 Å². The molecule has 1 saturated heterocycles. The van der Waals surface area contributed by atoms with Crippen LogP contribution in [0, 0.1) is 0 Å². The first-order valence-electron chi connectivity index (χ1n) is 7.60. The van der Waals surface area contributed by atoms with Crippen LogP contribution in [0.4, 0.5) is 0 Å². The Balaban J connectivity index is 1.51. The average molecular weight is 268 g/mol. The molecular formula is C16H20N4. The third-order valence-corrected chi connectivity index (χ3v) is 4.37. The minimum absolute atomic E-state index is 0.412. The van der Waals surface area contributed by atoms with E-state index in [-0.39, 0.29) is 0 Å². The van der Waals surface area contributed by atoms with Gasteiger partial charge in [0.1, 0.15) is 5.82 Å². The van der Waals surface area contributed by atoms with Gasteiger partial charge in [-0.1, -0.05) is 30.3 Å². The van der Waals surface area contributed by atoms with Crippen molar-refractivity contribution in [1.29, 1.82) is 0 Å². The molecule has 0 spiro atoms. The van der Waals surface area contributed by atoms with E-state index in [0.717, 1.165) is 24.7 Å². The first-order valence-corrected chi connectivity index (χ1v) is 7.60. The molecular weight excluding hydrogens is 248 g/mol. The van der Waals surface area contributed by atoms with E-state index in [1.807, 2.05) is 0 Å². The van der Waals surface area contributed by atoms with Gasteiger partial charge in [0, 0.05) is 12.5 Å². The van der Waals surface area contributed by atoms with E-state index in [4.69, 9.17) is 4.98 Å². The van der Waals surface area contributed by atoms with Crippen molar-refractivity contribution in [2.75, 3.05) is 6.54 Å². The molecule has 104 valence electrons. The van der Waals surface area contributed by atoms with Crippen LogP contribution in [0.2, 0.25) is 0 Å². The van der Waals surface area contributed by atoms with Crippen molar-refractivity contribution in [2.45, 2.75) is 44.2 Å². The third kappa shape index (κ3) is 2.36. The number of hydrogen-bond acceptors (Lipinski definition) is 3. The Morgan fingerprint density at radius 1 is 1.15 bits per heavy atom. The van der Waals surface area contributed by atoms with E-state index in [1.165, 1.54) is 31.2 Å². The Morgan fingerprint density at radius 3 is 2.80 bits per heavy atom. The van der Waals surface area contributed by atoms with Crippen LogP contribution in [0.1, 0.15) is 54.9 Å². The number of benzene rings is 1. The van der Waals surface area contributed by atoms with Crippen molar-refractivity contribution < 1.29 is 0 Å². The van der Waals surface area contributed by atoms with Gasteiger partial charge in [-0.05, 0) is 37.8 Å². The summed E-state index contributed by atoms with van der Waals surface area (Å²) in [6.45, 7) is 2.16. The molecule has 1 aliphatic carbocycles. The van der Waals surface area contributed by atoms with E-state index in [9.17, 15) is 0 Å². The third-order valence-electron chi connectivity index (χ3n) is 4.37. The van der Waals surface area contributed by atoms with E-state index in [1.54, 1.807) is 0 Å². The highest BCUT2D eigenvalue weighted by Crippen LogP contribution is 2.39. The smallest absolute Gasteiger partial charge is 0.153 e. The standard InChI is InChI=1S/C16H20N4/c1-2-5-12(6-3-1)11-20-10-4-7-14(20)16-17-15(18-19-16)13-8-9-13/h1-3,5-6,13-14H,4,7-11H2,(H,17,18,19)/t14-/m1/s1. The van der Waals surface area contributed by atoms with Crippen LogP contribution in [-0.4, -0.2) is 26.6 Å². The molecule has 2 aromatic rings. The van der Waals surface area contributed by atoms with Gasteiger partial charge >= 0.3 is 0 Å². The minimum atomic E-state index is 0.412. The second kappa shape index (κ2) is 5.02. The van der Waals surface area contributed by atoms with Crippen molar-refractivity contribution in [1.82, 2.24) is 20.1 Å². The molecule has 2 aliphatic rings. The highest BCUT2D eigenvalue weighted by molar-refractivity contribution is 5.15. The minimum Gasteiger partial charge on any atom is -0.289 e. The van der Waals surface area contributed by atoms with Gasteiger partial charge in [-0.3, -0.25) is 10.00 Å². The van der Waals surface area contributed by atoms with Crippen LogP contribution in [0.3, 0.4) is 0 Å². The lowest BCUT2D eigenvalue weighted by Crippen LogP contribution is -2.23. The Morgan fingerprint density at radius 2 is 2.00 bits per heavy atom. The summed E-state index contributed by atoms with van der Waals surface area (Å²) in [4.78, 5) is 7.26. The Hall–Kier alpha value is -1.68. The number of rotatable bonds is 4. The van der Waals surface area contributed by atoms with Crippen LogP contribution in [0.15, 0.2) is 30.3 Å². The molecule has 1 atom stereocenters. The van der Waals surface area contributed by atoms with Gasteiger partial charge in [-0.2, -0.15) is 5.10 Å². The van der Waals surface area contributed by atoms with E-state index < -0.39 is 0 Å². The van der Waals surface area contributed by atoms with E-state index in [0.29, 0.717) is 12.0 Å². The summed E-state index contributed by atoms with van der Waals surface area (Å²) in [5.41, 5.74) is 1.38. The summed E-state index contributed by atoms with van der Waals surface area (Å²) < 4.78 is 0. The number of likely N-dealkylation sites (tertiary alicyclic amines) is 1. The number of hydrogen-bond donors (Lipinski definition) is 1. The molecule has 0 unspecified atom stereocenters. The number of aromatic amines is 1. The normalized spacial score (nSPS) is 23.3. The van der Waals surface area contributed by atoms with Crippen molar-refractivity contribution in [2.24, 2.45) is 0 Å². The van der Waals surface area contributed by atoms with Gasteiger partial charge in [0.25, 0.3) is 0 Å². The second-order valence-electron chi connectivity index (χ2n) is 5.97. The van der Waals surface area contributed by atoms with E-state index >= 15 is 0 Å². The molecule has 2 heterocycles. The van der Waals surface area contributed by atoms with Crippen LogP contribution < -0.4 is 0 Å². The maximum absolute atomic E-state index is 4.74. The zero-order chi connectivity index (χ0) is 13.4. The van der Waals surface area contributed by atoms with Crippen LogP contribution in [0.5, 0.6) is 0 Å². The highest BCUT2D eigenvalue weighted by atomic mass is 15.3. The first kappa shape index (κ1) is 12.1. The molecule has 2 fully saturated rings. The number of aromatic nitrogens is 3. The Kier molecular flexibility index (Phi) is 3.03. The van der Waals surface area contributed by atoms with Gasteiger partial charge < -0.3 is 0 Å². The zero-order valence-electron chi connectivity index (χ0n) is 11.6. The van der Waals surface area contributed by atoms with Gasteiger partial charge in [0.2, 0.25) is 0 Å². The molecule has 1 N–H and O–H groups in total. The molecule has 1 aromatic carbocycles. The van der Waals surface area contributed by atoms with E-state index in [2.05, 4.69) is 45.4 Å². The Labute approximate surface area is 119 Å². The summed E-state index contributed by atoms with van der Waals surface area (Å²) in [7, 11) is 0. The monoisotopic (exact) mass is 268 g/mol. The fourth-order valence-electron chi connectivity index (χ4n) is 3.10. The Bertz CT molecular complexity index is 573. The van der Waals surface area contributed by atoms with Crippen molar-refractivity contribution in [3.05, 3.63) is 47.5 Å². The molecule has 0 amide bonds. The maximum Gasteiger partial charge on any atom is 0.153 e. The molecule has 0 bridgehead atoms. The molecule has 1 aromatic heterocycles. The topological polar surface area (TPSA) is 44.8 Å². The summed E-state index contributed by atoms with van der Waals surface area (Å²) in [5.74, 6) is 2.73. The van der Waals surface area contributed by atoms with Crippen molar-refractivity contribution in [3.63, 3.8) is 0 Å². The number of nitrogens with zero attached hydrogens (tertiary/aromatic N) is 3. The second-order valence-corrected chi connectivity index (χ2v) is 5.97. The average Bonchev–Trinajstić information content (AvgIpc) is 3.04. The lowest BCUT2D eigenvalue weighted by molar-refractivity contribution is 0.240. The predicted molar refractivity (Wildman–Crippen MR) is 77.2 cm³/mol. The molecule has 4 heteroatoms. The summed E-state index contributed by atoms with van der Waals surface area (Å²) in [6, 6.07) is 11.1.